The van der Waals surface area contributed by atoms with Gasteiger partial charge in [0.05, 0.1) is 13.7 Å². The summed E-state index contributed by atoms with van der Waals surface area (Å²) >= 11 is 3.50. The van der Waals surface area contributed by atoms with E-state index in [2.05, 4.69) is 15.9 Å². The molecule has 4 nitrogen and oxygen atoms in total. The largest absolute Gasteiger partial charge is 0.496 e. The molecule has 0 bridgehead atoms. The van der Waals surface area contributed by atoms with Crippen molar-refractivity contribution in [3.63, 3.8) is 0 Å². The molecule has 2 aromatic rings. The van der Waals surface area contributed by atoms with Crippen LogP contribution in [0.4, 0.5) is 0 Å². The lowest BCUT2D eigenvalue weighted by Gasteiger charge is -2.22. The van der Waals surface area contributed by atoms with Gasteiger partial charge in [-0.2, -0.15) is 0 Å². The van der Waals surface area contributed by atoms with Gasteiger partial charge in [-0.1, -0.05) is 34.1 Å². The summed E-state index contributed by atoms with van der Waals surface area (Å²) in [5, 5.41) is 20.1. The van der Waals surface area contributed by atoms with Crippen LogP contribution in [-0.2, 0) is 6.54 Å². The minimum Gasteiger partial charge on any atom is -0.496 e. The van der Waals surface area contributed by atoms with Gasteiger partial charge in [0, 0.05) is 17.6 Å². The number of benzene rings is 2. The maximum atomic E-state index is 11.0. The van der Waals surface area contributed by atoms with Crippen molar-refractivity contribution in [3.05, 3.63) is 63.1 Å². The summed E-state index contributed by atoms with van der Waals surface area (Å²) in [5.41, 5.74) is 3.65. The Kier molecular flexibility index (Phi) is 6.80. The normalized spacial score (nSPS) is 12.5. The van der Waals surface area contributed by atoms with Gasteiger partial charge in [-0.05, 0) is 54.4 Å². The lowest BCUT2D eigenvalue weighted by molar-refractivity contribution is 0.206. The molecule has 1 atom stereocenters. The van der Waals surface area contributed by atoms with Crippen molar-refractivity contribution >= 4 is 15.9 Å². The van der Waals surface area contributed by atoms with Crippen LogP contribution in [-0.4, -0.2) is 42.4 Å². The van der Waals surface area contributed by atoms with Gasteiger partial charge in [0.2, 0.25) is 0 Å². The number of likely N-dealkylation sites (N-methyl/N-ethyl adjacent to an activating group) is 1. The first kappa shape index (κ1) is 18.9. The van der Waals surface area contributed by atoms with Gasteiger partial charge in [-0.25, -0.2) is 0 Å². The van der Waals surface area contributed by atoms with Crippen LogP contribution in [0.15, 0.2) is 40.9 Å². The first-order valence-corrected chi connectivity index (χ1v) is 8.66. The molecule has 130 valence electrons. The van der Waals surface area contributed by atoms with Crippen molar-refractivity contribution in [1.29, 1.82) is 0 Å². The third-order valence-electron chi connectivity index (χ3n) is 4.16. The summed E-state index contributed by atoms with van der Waals surface area (Å²) < 4.78 is 6.33. The summed E-state index contributed by atoms with van der Waals surface area (Å²) in [7, 11) is 3.58. The Morgan fingerprint density at radius 2 is 1.96 bits per heavy atom. The van der Waals surface area contributed by atoms with E-state index >= 15 is 0 Å². The van der Waals surface area contributed by atoms with E-state index in [9.17, 15) is 5.11 Å². The lowest BCUT2D eigenvalue weighted by atomic mass is 9.93. The average molecular weight is 394 g/mol. The summed E-state index contributed by atoms with van der Waals surface area (Å²) in [5.74, 6) is 0.766. The highest BCUT2D eigenvalue weighted by atomic mass is 79.9. The molecule has 0 saturated carbocycles. The molecule has 2 N–H and O–H groups in total. The van der Waals surface area contributed by atoms with Crippen molar-refractivity contribution < 1.29 is 14.9 Å². The van der Waals surface area contributed by atoms with Crippen LogP contribution in [0.25, 0.3) is 0 Å². The van der Waals surface area contributed by atoms with Crippen LogP contribution >= 0.6 is 15.9 Å². The first-order valence-electron chi connectivity index (χ1n) is 7.87. The van der Waals surface area contributed by atoms with Crippen molar-refractivity contribution in [1.82, 2.24) is 4.90 Å². The molecule has 0 saturated heterocycles. The molecule has 0 fully saturated rings. The zero-order chi connectivity index (χ0) is 17.7. The van der Waals surface area contributed by atoms with Crippen molar-refractivity contribution in [2.75, 3.05) is 27.3 Å². The van der Waals surface area contributed by atoms with Crippen molar-refractivity contribution in [3.8, 4) is 5.75 Å². The Balaban J connectivity index is 2.40. The second-order valence-corrected chi connectivity index (χ2v) is 6.80. The zero-order valence-corrected chi connectivity index (χ0v) is 15.9. The predicted molar refractivity (Wildman–Crippen MR) is 99.4 cm³/mol. The van der Waals surface area contributed by atoms with Crippen LogP contribution in [0.1, 0.15) is 28.4 Å². The van der Waals surface area contributed by atoms with Crippen molar-refractivity contribution in [2.45, 2.75) is 19.6 Å². The number of nitrogens with zero attached hydrogens (tertiary/aromatic N) is 1. The van der Waals surface area contributed by atoms with Crippen LogP contribution in [0.3, 0.4) is 0 Å². The minimum atomic E-state index is -0.731. The molecule has 2 rings (SSSR count). The quantitative estimate of drug-likeness (QED) is 0.757. The van der Waals surface area contributed by atoms with Crippen LogP contribution in [0.2, 0.25) is 0 Å². The second kappa shape index (κ2) is 8.62. The fraction of sp³-hybridized carbons (Fsp3) is 0.368. The van der Waals surface area contributed by atoms with E-state index in [4.69, 9.17) is 9.84 Å². The van der Waals surface area contributed by atoms with Crippen LogP contribution < -0.4 is 4.74 Å². The predicted octanol–water partition coefficient (Wildman–Crippen LogP) is 3.27. The highest BCUT2D eigenvalue weighted by Gasteiger charge is 2.19. The van der Waals surface area contributed by atoms with E-state index in [1.165, 1.54) is 0 Å². The fourth-order valence-corrected chi connectivity index (χ4v) is 3.24. The number of methoxy groups -OCH3 is 1. The number of rotatable bonds is 7. The molecular weight excluding hydrogens is 370 g/mol. The smallest absolute Gasteiger partial charge is 0.122 e. The minimum absolute atomic E-state index is 0.109. The van der Waals surface area contributed by atoms with Crippen LogP contribution in [0, 0.1) is 6.92 Å². The zero-order valence-electron chi connectivity index (χ0n) is 14.3. The van der Waals surface area contributed by atoms with E-state index in [1.807, 2.05) is 55.3 Å². The van der Waals surface area contributed by atoms with E-state index < -0.39 is 6.10 Å². The Bertz CT molecular complexity index is 690. The van der Waals surface area contributed by atoms with Gasteiger partial charge < -0.3 is 14.9 Å². The third kappa shape index (κ3) is 4.36. The highest BCUT2D eigenvalue weighted by Crippen LogP contribution is 2.33. The van der Waals surface area contributed by atoms with Gasteiger partial charge in [-0.3, -0.25) is 4.90 Å². The number of hydrogen-bond donors (Lipinski definition) is 2. The molecule has 0 aromatic heterocycles. The maximum absolute atomic E-state index is 11.0. The number of ether oxygens (including phenoxy) is 1. The van der Waals surface area contributed by atoms with Crippen LogP contribution in [0.5, 0.6) is 5.75 Å². The Morgan fingerprint density at radius 3 is 2.62 bits per heavy atom. The summed E-state index contributed by atoms with van der Waals surface area (Å²) in [6.07, 6.45) is -0.731. The Labute approximate surface area is 151 Å². The summed E-state index contributed by atoms with van der Waals surface area (Å²) in [6.45, 7) is 3.29. The molecule has 0 amide bonds. The maximum Gasteiger partial charge on any atom is 0.122 e. The molecule has 24 heavy (non-hydrogen) atoms. The van der Waals surface area contributed by atoms with Gasteiger partial charge in [0.25, 0.3) is 0 Å². The lowest BCUT2D eigenvalue weighted by Crippen LogP contribution is -2.22. The number of aliphatic hydroxyl groups is 2. The third-order valence-corrected chi connectivity index (χ3v) is 4.66. The highest BCUT2D eigenvalue weighted by molar-refractivity contribution is 9.10. The second-order valence-electron chi connectivity index (χ2n) is 5.88. The SMILES string of the molecule is COc1cccc(C(O)c2ccc(Br)cc2CN(C)CCO)c1C. The van der Waals surface area contributed by atoms with E-state index in [-0.39, 0.29) is 6.61 Å². The fourth-order valence-electron chi connectivity index (χ4n) is 2.83. The molecule has 0 aliphatic carbocycles. The van der Waals surface area contributed by atoms with Crippen molar-refractivity contribution in [2.24, 2.45) is 0 Å². The van der Waals surface area contributed by atoms with Gasteiger partial charge >= 0.3 is 0 Å². The van der Waals surface area contributed by atoms with Gasteiger partial charge in [0.1, 0.15) is 11.9 Å². The number of hydrogen-bond acceptors (Lipinski definition) is 4. The van der Waals surface area contributed by atoms with E-state index in [1.54, 1.807) is 7.11 Å². The Morgan fingerprint density at radius 1 is 1.21 bits per heavy atom. The molecule has 5 heteroatoms. The average Bonchev–Trinajstić information content (AvgIpc) is 2.55. The van der Waals surface area contributed by atoms with Gasteiger partial charge in [-0.15, -0.1) is 0 Å². The molecule has 2 aromatic carbocycles. The number of aliphatic hydroxyl groups excluding tert-OH is 2. The Hall–Kier alpha value is -1.40. The molecule has 0 aliphatic heterocycles. The molecule has 0 radical (unpaired) electrons. The molecule has 0 heterocycles. The molecule has 0 aliphatic rings. The monoisotopic (exact) mass is 393 g/mol. The number of halogens is 1. The molecule has 0 spiro atoms. The first-order chi connectivity index (χ1) is 11.5. The standard InChI is InChI=1S/C19H24BrNO3/c1-13-16(5-4-6-18(13)24-3)19(23)17-8-7-15(20)11-14(17)12-21(2)9-10-22/h4-8,11,19,22-23H,9-10,12H2,1-3H3. The molecular formula is C19H24BrNO3. The molecule has 1 unspecified atom stereocenters. The van der Waals surface area contributed by atoms with E-state index in [0.717, 1.165) is 32.5 Å². The topological polar surface area (TPSA) is 52.9 Å². The summed E-state index contributed by atoms with van der Waals surface area (Å²) in [6, 6.07) is 11.6. The van der Waals surface area contributed by atoms with Gasteiger partial charge in [0.15, 0.2) is 0 Å². The summed E-state index contributed by atoms with van der Waals surface area (Å²) in [4.78, 5) is 2.02. The van der Waals surface area contributed by atoms with E-state index in [0.29, 0.717) is 13.1 Å².